The van der Waals surface area contributed by atoms with E-state index in [-0.39, 0.29) is 6.10 Å². The zero-order valence-electron chi connectivity index (χ0n) is 13.6. The number of anilines is 2. The number of rotatable bonds is 5. The van der Waals surface area contributed by atoms with Crippen molar-refractivity contribution >= 4 is 11.8 Å². The molecule has 128 valence electrons. The number of fused-ring (bicyclic) bond motifs is 1. The maximum Gasteiger partial charge on any atom is 0.255 e. The first-order chi connectivity index (χ1) is 11.8. The van der Waals surface area contributed by atoms with Crippen LogP contribution in [0.1, 0.15) is 54.8 Å². The molecule has 8 nitrogen and oxygen atoms in total. The van der Waals surface area contributed by atoms with Gasteiger partial charge >= 0.3 is 0 Å². The van der Waals surface area contributed by atoms with Gasteiger partial charge in [0.25, 0.3) is 5.89 Å². The van der Waals surface area contributed by atoms with Crippen LogP contribution in [0.4, 0.5) is 11.8 Å². The molecule has 1 saturated heterocycles. The van der Waals surface area contributed by atoms with E-state index in [1.165, 1.54) is 12.0 Å². The molecule has 2 aliphatic rings. The molecule has 2 aromatic rings. The molecule has 3 N–H and O–H groups in total. The first kappa shape index (κ1) is 15.3. The summed E-state index contributed by atoms with van der Waals surface area (Å²) in [5.74, 6) is 2.45. The van der Waals surface area contributed by atoms with Gasteiger partial charge in [0.1, 0.15) is 11.9 Å². The number of nitrogens with zero attached hydrogens (tertiary/aromatic N) is 4. The Hall–Kier alpha value is -2.22. The van der Waals surface area contributed by atoms with E-state index < -0.39 is 0 Å². The predicted octanol–water partition coefficient (Wildman–Crippen LogP) is 1.83. The summed E-state index contributed by atoms with van der Waals surface area (Å²) in [6, 6.07) is 0. The summed E-state index contributed by atoms with van der Waals surface area (Å²) in [4.78, 5) is 13.1. The third kappa shape index (κ3) is 3.19. The van der Waals surface area contributed by atoms with Crippen LogP contribution in [0.2, 0.25) is 0 Å². The molecule has 0 bridgehead atoms. The lowest BCUT2D eigenvalue weighted by molar-refractivity contribution is 0.0835. The number of nitrogens with two attached hydrogens (primary N) is 1. The van der Waals surface area contributed by atoms with E-state index >= 15 is 0 Å². The summed E-state index contributed by atoms with van der Waals surface area (Å²) in [7, 11) is 0. The Labute approximate surface area is 140 Å². The second-order valence-electron chi connectivity index (χ2n) is 6.29. The highest BCUT2D eigenvalue weighted by molar-refractivity contribution is 5.50. The van der Waals surface area contributed by atoms with Gasteiger partial charge in [-0.05, 0) is 38.5 Å². The van der Waals surface area contributed by atoms with Crippen LogP contribution in [0, 0.1) is 0 Å². The summed E-state index contributed by atoms with van der Waals surface area (Å²) in [6.45, 7) is 1.44. The third-order valence-corrected chi connectivity index (χ3v) is 4.53. The molecule has 1 aliphatic carbocycles. The largest absolute Gasteiger partial charge is 0.369 e. The number of nitrogens with one attached hydrogen (secondary N) is 1. The SMILES string of the molecule is Nc1nc2c(c(NCCc3noc(C4CCCO4)n3)n1)CCCC2. The minimum atomic E-state index is -0.0344. The van der Waals surface area contributed by atoms with Crippen molar-refractivity contribution in [3.05, 3.63) is 23.0 Å². The number of ether oxygens (including phenoxy) is 1. The van der Waals surface area contributed by atoms with Gasteiger partial charge in [0.15, 0.2) is 5.82 Å². The Balaban J connectivity index is 1.38. The quantitative estimate of drug-likeness (QED) is 0.854. The standard InChI is InChI=1S/C16H22N6O2/c17-16-19-11-5-2-1-4-10(11)14(21-16)18-8-7-13-20-15(24-22-13)12-6-3-9-23-12/h12H,1-9H2,(H3,17,18,19,21). The van der Waals surface area contributed by atoms with Gasteiger partial charge in [0, 0.05) is 25.1 Å². The second kappa shape index (κ2) is 6.72. The van der Waals surface area contributed by atoms with Crippen molar-refractivity contribution in [3.8, 4) is 0 Å². The average Bonchev–Trinajstić information content (AvgIpc) is 3.26. The van der Waals surface area contributed by atoms with Gasteiger partial charge in [0.05, 0.1) is 5.69 Å². The Kier molecular flexibility index (Phi) is 4.29. The summed E-state index contributed by atoms with van der Waals surface area (Å²) in [6.07, 6.45) is 6.94. The molecule has 0 amide bonds. The van der Waals surface area contributed by atoms with E-state index in [2.05, 4.69) is 25.4 Å². The highest BCUT2D eigenvalue weighted by Crippen LogP contribution is 2.27. The molecule has 1 aliphatic heterocycles. The lowest BCUT2D eigenvalue weighted by atomic mass is 9.96. The molecular formula is C16H22N6O2. The predicted molar refractivity (Wildman–Crippen MR) is 87.5 cm³/mol. The number of hydrogen-bond donors (Lipinski definition) is 2. The minimum absolute atomic E-state index is 0.0344. The average molecular weight is 330 g/mol. The monoisotopic (exact) mass is 330 g/mol. The molecule has 1 fully saturated rings. The van der Waals surface area contributed by atoms with E-state index in [1.54, 1.807) is 0 Å². The van der Waals surface area contributed by atoms with Crippen molar-refractivity contribution in [3.63, 3.8) is 0 Å². The topological polar surface area (TPSA) is 112 Å². The Bertz CT molecular complexity index is 711. The van der Waals surface area contributed by atoms with Gasteiger partial charge in [-0.2, -0.15) is 9.97 Å². The molecule has 3 heterocycles. The molecule has 2 aromatic heterocycles. The fraction of sp³-hybridized carbons (Fsp3) is 0.625. The van der Waals surface area contributed by atoms with Crippen molar-refractivity contribution in [2.24, 2.45) is 0 Å². The Morgan fingerprint density at radius 3 is 2.92 bits per heavy atom. The highest BCUT2D eigenvalue weighted by atomic mass is 16.5. The van der Waals surface area contributed by atoms with Gasteiger partial charge in [0.2, 0.25) is 5.95 Å². The molecule has 0 radical (unpaired) electrons. The normalized spacial score (nSPS) is 20.1. The van der Waals surface area contributed by atoms with Gasteiger partial charge in [-0.25, -0.2) is 4.98 Å². The molecule has 8 heteroatoms. The van der Waals surface area contributed by atoms with Gasteiger partial charge < -0.3 is 20.3 Å². The van der Waals surface area contributed by atoms with Gasteiger partial charge in [-0.15, -0.1) is 0 Å². The number of hydrogen-bond acceptors (Lipinski definition) is 8. The van der Waals surface area contributed by atoms with Crippen molar-refractivity contribution in [1.29, 1.82) is 0 Å². The van der Waals surface area contributed by atoms with Crippen molar-refractivity contribution in [2.75, 3.05) is 24.2 Å². The summed E-state index contributed by atoms with van der Waals surface area (Å²) >= 11 is 0. The summed E-state index contributed by atoms with van der Waals surface area (Å²) in [5.41, 5.74) is 8.10. The van der Waals surface area contributed by atoms with Crippen LogP contribution in [-0.4, -0.2) is 33.3 Å². The van der Waals surface area contributed by atoms with Crippen LogP contribution in [0.3, 0.4) is 0 Å². The second-order valence-corrected chi connectivity index (χ2v) is 6.29. The molecule has 0 spiro atoms. The van der Waals surface area contributed by atoms with E-state index in [0.29, 0.717) is 30.6 Å². The summed E-state index contributed by atoms with van der Waals surface area (Å²) in [5, 5.41) is 7.39. The van der Waals surface area contributed by atoms with Gasteiger partial charge in [-0.1, -0.05) is 5.16 Å². The van der Waals surface area contributed by atoms with E-state index in [4.69, 9.17) is 15.0 Å². The fourth-order valence-electron chi connectivity index (χ4n) is 3.32. The molecule has 0 aromatic carbocycles. The highest BCUT2D eigenvalue weighted by Gasteiger charge is 2.23. The summed E-state index contributed by atoms with van der Waals surface area (Å²) < 4.78 is 10.9. The van der Waals surface area contributed by atoms with Crippen LogP contribution >= 0.6 is 0 Å². The maximum absolute atomic E-state index is 5.82. The lowest BCUT2D eigenvalue weighted by Gasteiger charge is -2.18. The molecular weight excluding hydrogens is 308 g/mol. The minimum Gasteiger partial charge on any atom is -0.369 e. The smallest absolute Gasteiger partial charge is 0.255 e. The molecule has 1 atom stereocenters. The number of aryl methyl sites for hydroxylation is 1. The molecule has 0 saturated carbocycles. The number of aromatic nitrogens is 4. The first-order valence-corrected chi connectivity index (χ1v) is 8.63. The van der Waals surface area contributed by atoms with Crippen LogP contribution in [-0.2, 0) is 24.0 Å². The molecule has 4 rings (SSSR count). The number of nitrogen functional groups attached to an aromatic ring is 1. The van der Waals surface area contributed by atoms with Crippen LogP contribution < -0.4 is 11.1 Å². The fourth-order valence-corrected chi connectivity index (χ4v) is 3.32. The van der Waals surface area contributed by atoms with Crippen LogP contribution in [0.5, 0.6) is 0 Å². The van der Waals surface area contributed by atoms with Crippen molar-refractivity contribution in [2.45, 2.75) is 51.0 Å². The molecule has 24 heavy (non-hydrogen) atoms. The maximum atomic E-state index is 5.82. The third-order valence-electron chi connectivity index (χ3n) is 4.53. The van der Waals surface area contributed by atoms with E-state index in [0.717, 1.165) is 50.2 Å². The van der Waals surface area contributed by atoms with Crippen molar-refractivity contribution < 1.29 is 9.26 Å². The van der Waals surface area contributed by atoms with E-state index in [9.17, 15) is 0 Å². The zero-order valence-corrected chi connectivity index (χ0v) is 13.6. The lowest BCUT2D eigenvalue weighted by Crippen LogP contribution is -2.16. The van der Waals surface area contributed by atoms with Crippen molar-refractivity contribution in [1.82, 2.24) is 20.1 Å². The molecule has 1 unspecified atom stereocenters. The van der Waals surface area contributed by atoms with Crippen LogP contribution in [0.15, 0.2) is 4.52 Å². The van der Waals surface area contributed by atoms with Gasteiger partial charge in [-0.3, -0.25) is 0 Å². The Morgan fingerprint density at radius 2 is 2.04 bits per heavy atom. The Morgan fingerprint density at radius 1 is 1.12 bits per heavy atom. The zero-order chi connectivity index (χ0) is 16.4. The van der Waals surface area contributed by atoms with Crippen LogP contribution in [0.25, 0.3) is 0 Å². The first-order valence-electron chi connectivity index (χ1n) is 8.63. The van der Waals surface area contributed by atoms with E-state index in [1.807, 2.05) is 0 Å².